The molecule has 0 aromatic heterocycles. The van der Waals surface area contributed by atoms with E-state index in [1.807, 2.05) is 13.8 Å². The van der Waals surface area contributed by atoms with E-state index in [1.54, 1.807) is 6.92 Å². The van der Waals surface area contributed by atoms with E-state index in [9.17, 15) is 14.9 Å². The quantitative estimate of drug-likeness (QED) is 0.597. The number of rotatable bonds is 7. The minimum atomic E-state index is -0.732. The summed E-state index contributed by atoms with van der Waals surface area (Å²) in [6.45, 7) is 5.61. The van der Waals surface area contributed by atoms with Gasteiger partial charge in [-0.2, -0.15) is 0 Å². The van der Waals surface area contributed by atoms with Gasteiger partial charge in [-0.25, -0.2) is 0 Å². The first-order chi connectivity index (χ1) is 9.88. The number of halogens is 1. The van der Waals surface area contributed by atoms with Crippen LogP contribution in [0.15, 0.2) is 22.7 Å². The molecular formula is C14H19BrN2O4. The molecule has 6 nitrogen and oxygen atoms in total. The minimum Gasteiger partial charge on any atom is -0.479 e. The fourth-order valence-corrected chi connectivity index (χ4v) is 2.09. The number of ether oxygens (including phenoxy) is 1. The third-order valence-corrected chi connectivity index (χ3v) is 3.79. The third-order valence-electron chi connectivity index (χ3n) is 3.13. The molecule has 1 aromatic rings. The molecule has 7 heteroatoms. The van der Waals surface area contributed by atoms with Gasteiger partial charge in [0, 0.05) is 12.1 Å². The van der Waals surface area contributed by atoms with Crippen molar-refractivity contribution in [3.8, 4) is 5.75 Å². The summed E-state index contributed by atoms with van der Waals surface area (Å²) in [6, 6.07) is 4.30. The highest BCUT2D eigenvalue weighted by atomic mass is 79.9. The summed E-state index contributed by atoms with van der Waals surface area (Å²) in [4.78, 5) is 22.3. The van der Waals surface area contributed by atoms with Crippen molar-refractivity contribution in [1.29, 1.82) is 0 Å². The topological polar surface area (TPSA) is 81.5 Å². The normalized spacial score (nSPS) is 12.0. The Labute approximate surface area is 132 Å². The van der Waals surface area contributed by atoms with Gasteiger partial charge in [-0.15, -0.1) is 0 Å². The van der Waals surface area contributed by atoms with Gasteiger partial charge in [0.25, 0.3) is 11.6 Å². The fraction of sp³-hybridized carbons (Fsp3) is 0.500. The average molecular weight is 359 g/mol. The molecule has 0 aliphatic heterocycles. The maximum Gasteiger partial charge on any atom is 0.273 e. The van der Waals surface area contributed by atoms with Gasteiger partial charge < -0.3 is 10.1 Å². The molecule has 1 unspecified atom stereocenters. The van der Waals surface area contributed by atoms with Crippen molar-refractivity contribution in [2.24, 2.45) is 0 Å². The zero-order valence-corrected chi connectivity index (χ0v) is 13.8. The van der Waals surface area contributed by atoms with E-state index in [0.29, 0.717) is 4.47 Å². The highest BCUT2D eigenvalue weighted by Crippen LogP contribution is 2.30. The summed E-state index contributed by atoms with van der Waals surface area (Å²) < 4.78 is 6.09. The van der Waals surface area contributed by atoms with Gasteiger partial charge in [-0.1, -0.05) is 13.8 Å². The maximum atomic E-state index is 12.0. The lowest BCUT2D eigenvalue weighted by Gasteiger charge is -2.19. The molecule has 0 spiro atoms. The number of amides is 1. The smallest absolute Gasteiger partial charge is 0.273 e. The molecule has 0 saturated carbocycles. The van der Waals surface area contributed by atoms with Crippen molar-refractivity contribution in [3.05, 3.63) is 32.8 Å². The first-order valence-corrected chi connectivity index (χ1v) is 7.59. The van der Waals surface area contributed by atoms with Crippen LogP contribution in [0, 0.1) is 10.1 Å². The molecule has 1 amide bonds. The van der Waals surface area contributed by atoms with Crippen molar-refractivity contribution in [1.82, 2.24) is 5.32 Å². The summed E-state index contributed by atoms with van der Waals surface area (Å²) >= 11 is 3.26. The van der Waals surface area contributed by atoms with Crippen LogP contribution in [0.1, 0.15) is 33.6 Å². The van der Waals surface area contributed by atoms with Gasteiger partial charge in [0.1, 0.15) is 5.75 Å². The number of benzene rings is 1. The number of hydrogen-bond acceptors (Lipinski definition) is 4. The van der Waals surface area contributed by atoms with Crippen LogP contribution in [-0.2, 0) is 4.79 Å². The van der Waals surface area contributed by atoms with Crippen molar-refractivity contribution in [2.75, 3.05) is 0 Å². The number of non-ortho nitro benzene ring substituents is 1. The van der Waals surface area contributed by atoms with Crippen LogP contribution in [0.2, 0.25) is 0 Å². The summed E-state index contributed by atoms with van der Waals surface area (Å²) in [7, 11) is 0. The second-order valence-electron chi connectivity index (χ2n) is 4.65. The van der Waals surface area contributed by atoms with Crippen LogP contribution >= 0.6 is 15.9 Å². The van der Waals surface area contributed by atoms with Gasteiger partial charge in [-0.3, -0.25) is 14.9 Å². The Balaban J connectivity index is 2.78. The van der Waals surface area contributed by atoms with Crippen LogP contribution in [0.5, 0.6) is 5.75 Å². The van der Waals surface area contributed by atoms with Gasteiger partial charge in [0.2, 0.25) is 0 Å². The maximum absolute atomic E-state index is 12.0. The molecule has 1 atom stereocenters. The van der Waals surface area contributed by atoms with Crippen molar-refractivity contribution < 1.29 is 14.5 Å². The van der Waals surface area contributed by atoms with E-state index < -0.39 is 11.0 Å². The number of nitrogens with zero attached hydrogens (tertiary/aromatic N) is 1. The standard InChI is InChI=1S/C14H19BrN2O4/c1-4-10(5-2)16-14(18)9(3)21-13-8-11(17(19)20)6-7-12(13)15/h6-10H,4-5H2,1-3H3,(H,16,18). The lowest BCUT2D eigenvalue weighted by Crippen LogP contribution is -2.42. The lowest BCUT2D eigenvalue weighted by atomic mass is 10.1. The molecule has 0 radical (unpaired) electrons. The van der Waals surface area contributed by atoms with Gasteiger partial charge in [-0.05, 0) is 41.8 Å². The number of nitrogens with one attached hydrogen (secondary N) is 1. The number of carbonyl (C=O) groups excluding carboxylic acids is 1. The zero-order chi connectivity index (χ0) is 16.0. The summed E-state index contributed by atoms with van der Waals surface area (Å²) in [6.07, 6.45) is 0.953. The molecule has 1 N–H and O–H groups in total. The Morgan fingerprint density at radius 1 is 1.43 bits per heavy atom. The highest BCUT2D eigenvalue weighted by molar-refractivity contribution is 9.10. The predicted octanol–water partition coefficient (Wildman–Crippen LogP) is 3.43. The predicted molar refractivity (Wildman–Crippen MR) is 83.4 cm³/mol. The van der Waals surface area contributed by atoms with Gasteiger partial charge in [0.15, 0.2) is 6.10 Å². The summed E-state index contributed by atoms with van der Waals surface area (Å²) in [5.41, 5.74) is -0.0826. The Bertz CT molecular complexity index is 518. The zero-order valence-electron chi connectivity index (χ0n) is 12.3. The van der Waals surface area contributed by atoms with E-state index in [1.165, 1.54) is 18.2 Å². The second-order valence-corrected chi connectivity index (χ2v) is 5.51. The number of nitro groups is 1. The number of carbonyl (C=O) groups is 1. The van der Waals surface area contributed by atoms with Crippen molar-refractivity contribution in [3.63, 3.8) is 0 Å². The Morgan fingerprint density at radius 3 is 2.57 bits per heavy atom. The Hall–Kier alpha value is -1.63. The van der Waals surface area contributed by atoms with E-state index in [2.05, 4.69) is 21.2 Å². The molecule has 0 bridgehead atoms. The molecule has 0 heterocycles. The second kappa shape index (κ2) is 7.97. The molecule has 116 valence electrons. The number of nitro benzene ring substituents is 1. The van der Waals surface area contributed by atoms with Crippen molar-refractivity contribution in [2.45, 2.75) is 45.8 Å². The third kappa shape index (κ3) is 5.00. The molecule has 0 saturated heterocycles. The van der Waals surface area contributed by atoms with Crippen LogP contribution in [0.4, 0.5) is 5.69 Å². The van der Waals surface area contributed by atoms with Gasteiger partial charge >= 0.3 is 0 Å². The monoisotopic (exact) mass is 358 g/mol. The van der Waals surface area contributed by atoms with Crippen LogP contribution < -0.4 is 10.1 Å². The highest BCUT2D eigenvalue weighted by Gasteiger charge is 2.19. The van der Waals surface area contributed by atoms with Crippen LogP contribution in [0.3, 0.4) is 0 Å². The van der Waals surface area contributed by atoms with E-state index in [-0.39, 0.29) is 23.4 Å². The van der Waals surface area contributed by atoms with Crippen LogP contribution in [0.25, 0.3) is 0 Å². The fourth-order valence-electron chi connectivity index (χ4n) is 1.75. The van der Waals surface area contributed by atoms with E-state index in [0.717, 1.165) is 12.8 Å². The lowest BCUT2D eigenvalue weighted by molar-refractivity contribution is -0.385. The molecule has 1 aromatic carbocycles. The average Bonchev–Trinajstić information content (AvgIpc) is 2.46. The molecular weight excluding hydrogens is 340 g/mol. The summed E-state index contributed by atoms with van der Waals surface area (Å²) in [5, 5.41) is 13.6. The molecule has 21 heavy (non-hydrogen) atoms. The van der Waals surface area contributed by atoms with Gasteiger partial charge in [0.05, 0.1) is 15.5 Å². The van der Waals surface area contributed by atoms with E-state index >= 15 is 0 Å². The molecule has 0 aliphatic rings. The Morgan fingerprint density at radius 2 is 2.05 bits per heavy atom. The largest absolute Gasteiger partial charge is 0.479 e. The molecule has 0 aliphatic carbocycles. The minimum absolute atomic E-state index is 0.0826. The molecule has 0 fully saturated rings. The first-order valence-electron chi connectivity index (χ1n) is 6.80. The number of hydrogen-bond donors (Lipinski definition) is 1. The SMILES string of the molecule is CCC(CC)NC(=O)C(C)Oc1cc([N+](=O)[O-])ccc1Br. The van der Waals surface area contributed by atoms with Crippen molar-refractivity contribution >= 4 is 27.5 Å². The van der Waals surface area contributed by atoms with E-state index in [4.69, 9.17) is 4.74 Å². The Kier molecular flexibility index (Phi) is 6.61. The molecule has 1 rings (SSSR count). The summed E-state index contributed by atoms with van der Waals surface area (Å²) in [5.74, 6) is 0.0403. The van der Waals surface area contributed by atoms with Crippen LogP contribution in [-0.4, -0.2) is 23.0 Å². The first kappa shape index (κ1) is 17.4.